The summed E-state index contributed by atoms with van der Waals surface area (Å²) in [5.41, 5.74) is 4.77. The van der Waals surface area contributed by atoms with Crippen molar-refractivity contribution in [3.8, 4) is 0 Å². The van der Waals surface area contributed by atoms with Gasteiger partial charge >= 0.3 is 0 Å². The van der Waals surface area contributed by atoms with E-state index in [0.29, 0.717) is 0 Å². The van der Waals surface area contributed by atoms with Crippen molar-refractivity contribution in [3.05, 3.63) is 12.2 Å². The normalized spacial score (nSPS) is 14.7. The van der Waals surface area contributed by atoms with E-state index in [-0.39, 0.29) is 37.5 Å². The minimum atomic E-state index is -0.353. The standard InChI is InChI=1S/C9H13N3O4/c1-10-11-7(13)6-16-5-4-12-8(14)2-3-9(12)15/h2-3,10H,4-6H2,1H3,(H,11,13). The lowest BCUT2D eigenvalue weighted by molar-refractivity contribution is -0.137. The molecule has 1 aliphatic heterocycles. The molecule has 0 saturated heterocycles. The minimum Gasteiger partial charge on any atom is -0.370 e. The number of hydrogen-bond donors (Lipinski definition) is 2. The molecule has 1 rings (SSSR count). The molecule has 0 bridgehead atoms. The van der Waals surface area contributed by atoms with Crippen LogP contribution in [0.25, 0.3) is 0 Å². The van der Waals surface area contributed by atoms with Gasteiger partial charge in [-0.05, 0) is 0 Å². The van der Waals surface area contributed by atoms with Crippen LogP contribution in [0, 0.1) is 0 Å². The summed E-state index contributed by atoms with van der Waals surface area (Å²) in [6.45, 7) is 0.165. The number of hydrazine groups is 1. The van der Waals surface area contributed by atoms with Crippen LogP contribution in [0.1, 0.15) is 0 Å². The predicted molar refractivity (Wildman–Crippen MR) is 53.9 cm³/mol. The third-order valence-corrected chi connectivity index (χ3v) is 1.86. The van der Waals surface area contributed by atoms with Crippen LogP contribution in [0.5, 0.6) is 0 Å². The van der Waals surface area contributed by atoms with Crippen LogP contribution >= 0.6 is 0 Å². The number of hydrogen-bond acceptors (Lipinski definition) is 5. The average molecular weight is 227 g/mol. The predicted octanol–water partition coefficient (Wildman–Crippen LogP) is -1.82. The van der Waals surface area contributed by atoms with Gasteiger partial charge in [0, 0.05) is 19.2 Å². The second-order valence-electron chi connectivity index (χ2n) is 3.01. The maximum Gasteiger partial charge on any atom is 0.260 e. The minimum absolute atomic E-state index is 0.121. The third kappa shape index (κ3) is 3.44. The first-order valence-corrected chi connectivity index (χ1v) is 4.72. The highest BCUT2D eigenvalue weighted by atomic mass is 16.5. The summed E-state index contributed by atoms with van der Waals surface area (Å²) >= 11 is 0. The fourth-order valence-corrected chi connectivity index (χ4v) is 1.15. The van der Waals surface area contributed by atoms with Crippen molar-refractivity contribution in [3.63, 3.8) is 0 Å². The first-order valence-electron chi connectivity index (χ1n) is 4.72. The molecule has 7 nitrogen and oxygen atoms in total. The van der Waals surface area contributed by atoms with E-state index in [9.17, 15) is 14.4 Å². The van der Waals surface area contributed by atoms with E-state index in [0.717, 1.165) is 4.90 Å². The number of amides is 3. The van der Waals surface area contributed by atoms with Crippen LogP contribution in [0.3, 0.4) is 0 Å². The lowest BCUT2D eigenvalue weighted by Crippen LogP contribution is -2.38. The van der Waals surface area contributed by atoms with Gasteiger partial charge in [0.25, 0.3) is 17.7 Å². The van der Waals surface area contributed by atoms with Crippen LogP contribution in [0.15, 0.2) is 12.2 Å². The van der Waals surface area contributed by atoms with Gasteiger partial charge < -0.3 is 4.74 Å². The molecule has 1 heterocycles. The molecule has 0 saturated carbocycles. The molecular weight excluding hydrogens is 214 g/mol. The zero-order valence-corrected chi connectivity index (χ0v) is 8.86. The van der Waals surface area contributed by atoms with Crippen molar-refractivity contribution in [2.24, 2.45) is 0 Å². The summed E-state index contributed by atoms with van der Waals surface area (Å²) in [5.74, 6) is -1.03. The Morgan fingerprint density at radius 1 is 1.38 bits per heavy atom. The SMILES string of the molecule is CNNC(=O)COCCN1C(=O)C=CC1=O. The van der Waals surface area contributed by atoms with Gasteiger partial charge in [-0.15, -0.1) is 0 Å². The van der Waals surface area contributed by atoms with E-state index < -0.39 is 0 Å². The Bertz CT molecular complexity index is 309. The van der Waals surface area contributed by atoms with Crippen LogP contribution in [0.4, 0.5) is 0 Å². The second-order valence-corrected chi connectivity index (χ2v) is 3.01. The Morgan fingerprint density at radius 2 is 2.00 bits per heavy atom. The fourth-order valence-electron chi connectivity index (χ4n) is 1.15. The van der Waals surface area contributed by atoms with Crippen molar-refractivity contribution in [2.45, 2.75) is 0 Å². The molecule has 0 aromatic rings. The smallest absolute Gasteiger partial charge is 0.260 e. The number of nitrogens with zero attached hydrogens (tertiary/aromatic N) is 1. The van der Waals surface area contributed by atoms with Crippen LogP contribution in [-0.2, 0) is 19.1 Å². The molecule has 7 heteroatoms. The van der Waals surface area contributed by atoms with E-state index in [2.05, 4.69) is 10.9 Å². The van der Waals surface area contributed by atoms with E-state index in [1.807, 2.05) is 0 Å². The van der Waals surface area contributed by atoms with Gasteiger partial charge in [0.15, 0.2) is 0 Å². The third-order valence-electron chi connectivity index (χ3n) is 1.86. The molecule has 0 unspecified atom stereocenters. The molecule has 88 valence electrons. The largest absolute Gasteiger partial charge is 0.370 e. The molecule has 0 aliphatic carbocycles. The van der Waals surface area contributed by atoms with Crippen molar-refractivity contribution in [1.82, 2.24) is 15.8 Å². The van der Waals surface area contributed by atoms with Crippen molar-refractivity contribution < 1.29 is 19.1 Å². The topological polar surface area (TPSA) is 87.7 Å². The molecule has 16 heavy (non-hydrogen) atoms. The zero-order chi connectivity index (χ0) is 12.0. The molecule has 0 spiro atoms. The molecule has 0 aromatic carbocycles. The van der Waals surface area contributed by atoms with E-state index in [1.165, 1.54) is 12.2 Å². The highest BCUT2D eigenvalue weighted by Crippen LogP contribution is 2.02. The van der Waals surface area contributed by atoms with Crippen LogP contribution in [0.2, 0.25) is 0 Å². The summed E-state index contributed by atoms with van der Waals surface area (Å²) in [7, 11) is 1.56. The molecule has 0 radical (unpaired) electrons. The number of ether oxygens (including phenoxy) is 1. The molecule has 3 amide bonds. The molecule has 0 fully saturated rings. The zero-order valence-electron chi connectivity index (χ0n) is 8.86. The van der Waals surface area contributed by atoms with E-state index in [1.54, 1.807) is 7.05 Å². The van der Waals surface area contributed by atoms with E-state index in [4.69, 9.17) is 4.74 Å². The lowest BCUT2D eigenvalue weighted by Gasteiger charge is -2.13. The maximum absolute atomic E-state index is 11.1. The average Bonchev–Trinajstić information content (AvgIpc) is 2.55. The number of carbonyl (C=O) groups is 3. The Morgan fingerprint density at radius 3 is 2.56 bits per heavy atom. The highest BCUT2D eigenvalue weighted by molar-refractivity contribution is 6.12. The molecule has 1 aliphatic rings. The second kappa shape index (κ2) is 5.99. The summed E-state index contributed by atoms with van der Waals surface area (Å²) in [4.78, 5) is 34.1. The van der Waals surface area contributed by atoms with Gasteiger partial charge in [-0.1, -0.05) is 0 Å². The highest BCUT2D eigenvalue weighted by Gasteiger charge is 2.22. The molecular formula is C9H13N3O4. The number of rotatable bonds is 6. The Labute approximate surface area is 92.4 Å². The summed E-state index contributed by atoms with van der Waals surface area (Å²) in [5, 5.41) is 0. The molecule has 0 aromatic heterocycles. The van der Waals surface area contributed by atoms with Gasteiger partial charge in [-0.25, -0.2) is 5.43 Å². The number of imide groups is 1. The van der Waals surface area contributed by atoms with Gasteiger partial charge in [0.05, 0.1) is 13.2 Å². The Balaban J connectivity index is 2.14. The van der Waals surface area contributed by atoms with Gasteiger partial charge in [-0.3, -0.25) is 24.7 Å². The molecule has 0 atom stereocenters. The van der Waals surface area contributed by atoms with Crippen LogP contribution < -0.4 is 10.9 Å². The van der Waals surface area contributed by atoms with Crippen molar-refractivity contribution in [1.29, 1.82) is 0 Å². The van der Waals surface area contributed by atoms with Gasteiger partial charge in [0.1, 0.15) is 6.61 Å². The first kappa shape index (κ1) is 12.3. The maximum atomic E-state index is 11.1. The Hall–Kier alpha value is -1.73. The van der Waals surface area contributed by atoms with E-state index >= 15 is 0 Å². The summed E-state index contributed by atoms with van der Waals surface area (Å²) in [6, 6.07) is 0. The number of nitrogens with one attached hydrogen (secondary N) is 2. The lowest BCUT2D eigenvalue weighted by atomic mass is 10.5. The van der Waals surface area contributed by atoms with Crippen molar-refractivity contribution >= 4 is 17.7 Å². The van der Waals surface area contributed by atoms with Gasteiger partial charge in [0.2, 0.25) is 0 Å². The summed E-state index contributed by atoms with van der Waals surface area (Å²) < 4.78 is 4.98. The summed E-state index contributed by atoms with van der Waals surface area (Å²) in [6.07, 6.45) is 2.41. The van der Waals surface area contributed by atoms with Crippen molar-refractivity contribution in [2.75, 3.05) is 26.8 Å². The number of carbonyl (C=O) groups excluding carboxylic acids is 3. The van der Waals surface area contributed by atoms with Crippen LogP contribution in [-0.4, -0.2) is 49.4 Å². The van der Waals surface area contributed by atoms with Gasteiger partial charge in [-0.2, -0.15) is 0 Å². The quantitative estimate of drug-likeness (QED) is 0.317. The first-order chi connectivity index (χ1) is 7.65. The monoisotopic (exact) mass is 227 g/mol. The molecule has 2 N–H and O–H groups in total. The fraction of sp³-hybridized carbons (Fsp3) is 0.444. The Kier molecular flexibility index (Phi) is 4.62.